The summed E-state index contributed by atoms with van der Waals surface area (Å²) >= 11 is 13.4. The van der Waals surface area contributed by atoms with Crippen LogP contribution in [0.3, 0.4) is 0 Å². The van der Waals surface area contributed by atoms with Crippen molar-refractivity contribution in [2.75, 3.05) is 6.26 Å². The van der Waals surface area contributed by atoms with E-state index in [1.807, 2.05) is 24.5 Å². The van der Waals surface area contributed by atoms with Crippen LogP contribution in [0.2, 0.25) is 10.0 Å². The Balaban J connectivity index is 2.41. The SMILES string of the molecule is CSc1cccc(C(=O)c2ccc(Cl)cc2Cl)c1. The van der Waals surface area contributed by atoms with E-state index in [-0.39, 0.29) is 5.78 Å². The van der Waals surface area contributed by atoms with Crippen molar-refractivity contribution in [2.45, 2.75) is 4.90 Å². The summed E-state index contributed by atoms with van der Waals surface area (Å²) in [7, 11) is 0. The van der Waals surface area contributed by atoms with Gasteiger partial charge in [-0.1, -0.05) is 35.3 Å². The first-order chi connectivity index (χ1) is 8.61. The molecule has 0 saturated carbocycles. The quantitative estimate of drug-likeness (QED) is 0.589. The molecule has 2 aromatic carbocycles. The Kier molecular flexibility index (Phi) is 4.33. The lowest BCUT2D eigenvalue weighted by atomic mass is 10.0. The molecular formula is C14H10Cl2OS. The summed E-state index contributed by atoms with van der Waals surface area (Å²) in [4.78, 5) is 13.4. The first kappa shape index (κ1) is 13.5. The topological polar surface area (TPSA) is 17.1 Å². The van der Waals surface area contributed by atoms with Crippen LogP contribution < -0.4 is 0 Å². The summed E-state index contributed by atoms with van der Waals surface area (Å²) in [5, 5.41) is 0.900. The van der Waals surface area contributed by atoms with Crippen molar-refractivity contribution in [1.82, 2.24) is 0 Å². The maximum absolute atomic E-state index is 12.3. The van der Waals surface area contributed by atoms with Gasteiger partial charge in [0, 0.05) is 21.0 Å². The average Bonchev–Trinajstić information content (AvgIpc) is 2.38. The zero-order chi connectivity index (χ0) is 13.1. The zero-order valence-electron chi connectivity index (χ0n) is 9.61. The van der Waals surface area contributed by atoms with Gasteiger partial charge in [-0.25, -0.2) is 0 Å². The fraction of sp³-hybridized carbons (Fsp3) is 0.0714. The third kappa shape index (κ3) is 2.89. The number of rotatable bonds is 3. The minimum absolute atomic E-state index is 0.0902. The summed E-state index contributed by atoms with van der Waals surface area (Å²) in [5.41, 5.74) is 1.10. The number of thioether (sulfide) groups is 1. The Labute approximate surface area is 120 Å². The number of hydrogen-bond donors (Lipinski definition) is 0. The smallest absolute Gasteiger partial charge is 0.194 e. The van der Waals surface area contributed by atoms with Crippen molar-refractivity contribution >= 4 is 40.7 Å². The van der Waals surface area contributed by atoms with Crippen LogP contribution in [-0.4, -0.2) is 12.0 Å². The largest absolute Gasteiger partial charge is 0.289 e. The first-order valence-corrected chi connectivity index (χ1v) is 7.23. The molecule has 0 atom stereocenters. The van der Waals surface area contributed by atoms with E-state index in [1.54, 1.807) is 36.0 Å². The first-order valence-electron chi connectivity index (χ1n) is 5.25. The van der Waals surface area contributed by atoms with Gasteiger partial charge in [0.15, 0.2) is 5.78 Å². The van der Waals surface area contributed by atoms with Crippen molar-refractivity contribution in [3.8, 4) is 0 Å². The highest BCUT2D eigenvalue weighted by molar-refractivity contribution is 7.98. The molecule has 0 amide bonds. The Hall–Kier alpha value is -0.960. The van der Waals surface area contributed by atoms with Gasteiger partial charge in [-0.2, -0.15) is 0 Å². The normalized spacial score (nSPS) is 10.4. The van der Waals surface area contributed by atoms with Crippen molar-refractivity contribution in [1.29, 1.82) is 0 Å². The minimum Gasteiger partial charge on any atom is -0.289 e. The van der Waals surface area contributed by atoms with Crippen LogP contribution in [0.15, 0.2) is 47.4 Å². The Bertz CT molecular complexity index is 596. The van der Waals surface area contributed by atoms with E-state index >= 15 is 0 Å². The Morgan fingerprint density at radius 1 is 1.11 bits per heavy atom. The molecule has 0 aromatic heterocycles. The van der Waals surface area contributed by atoms with Crippen LogP contribution in [0.1, 0.15) is 15.9 Å². The molecule has 2 rings (SSSR count). The van der Waals surface area contributed by atoms with E-state index in [4.69, 9.17) is 23.2 Å². The minimum atomic E-state index is -0.0902. The predicted octanol–water partition coefficient (Wildman–Crippen LogP) is 4.95. The van der Waals surface area contributed by atoms with E-state index in [0.29, 0.717) is 21.2 Å². The van der Waals surface area contributed by atoms with Crippen molar-refractivity contribution in [3.05, 3.63) is 63.6 Å². The Morgan fingerprint density at radius 2 is 1.89 bits per heavy atom. The molecule has 0 aliphatic carbocycles. The van der Waals surface area contributed by atoms with E-state index < -0.39 is 0 Å². The van der Waals surface area contributed by atoms with Gasteiger partial charge in [0.05, 0.1) is 5.02 Å². The lowest BCUT2D eigenvalue weighted by Crippen LogP contribution is -2.02. The van der Waals surface area contributed by atoms with Crippen molar-refractivity contribution in [2.24, 2.45) is 0 Å². The van der Waals surface area contributed by atoms with Crippen LogP contribution in [-0.2, 0) is 0 Å². The van der Waals surface area contributed by atoms with E-state index in [0.717, 1.165) is 4.90 Å². The molecular weight excluding hydrogens is 287 g/mol. The monoisotopic (exact) mass is 296 g/mol. The molecule has 0 bridgehead atoms. The maximum atomic E-state index is 12.3. The molecule has 2 aromatic rings. The fourth-order valence-corrected chi connectivity index (χ4v) is 2.55. The number of benzene rings is 2. The van der Waals surface area contributed by atoms with Gasteiger partial charge in [0.1, 0.15) is 0 Å². The van der Waals surface area contributed by atoms with Crippen LogP contribution in [0.25, 0.3) is 0 Å². The molecule has 0 spiro atoms. The number of ketones is 1. The second kappa shape index (κ2) is 5.79. The lowest BCUT2D eigenvalue weighted by Gasteiger charge is -2.05. The van der Waals surface area contributed by atoms with Gasteiger partial charge in [0.2, 0.25) is 0 Å². The summed E-state index contributed by atoms with van der Waals surface area (Å²) in [6.07, 6.45) is 1.97. The summed E-state index contributed by atoms with van der Waals surface area (Å²) in [6, 6.07) is 12.4. The highest BCUT2D eigenvalue weighted by Gasteiger charge is 2.13. The highest BCUT2D eigenvalue weighted by atomic mass is 35.5. The second-order valence-corrected chi connectivity index (χ2v) is 5.41. The fourth-order valence-electron chi connectivity index (χ4n) is 1.59. The molecule has 92 valence electrons. The van der Waals surface area contributed by atoms with Gasteiger partial charge >= 0.3 is 0 Å². The standard InChI is InChI=1S/C14H10Cl2OS/c1-18-11-4-2-3-9(7-11)14(17)12-6-5-10(15)8-13(12)16/h2-8H,1H3. The molecule has 0 aliphatic heterocycles. The zero-order valence-corrected chi connectivity index (χ0v) is 11.9. The van der Waals surface area contributed by atoms with Crippen molar-refractivity contribution in [3.63, 3.8) is 0 Å². The Morgan fingerprint density at radius 3 is 2.56 bits per heavy atom. The molecule has 0 saturated heterocycles. The number of carbonyl (C=O) groups excluding carboxylic acids is 1. The van der Waals surface area contributed by atoms with Crippen LogP contribution in [0.4, 0.5) is 0 Å². The molecule has 4 heteroatoms. The average molecular weight is 297 g/mol. The molecule has 0 aliphatic rings. The highest BCUT2D eigenvalue weighted by Crippen LogP contribution is 2.24. The second-order valence-electron chi connectivity index (χ2n) is 3.69. The van der Waals surface area contributed by atoms with Gasteiger partial charge in [-0.05, 0) is 36.6 Å². The summed E-state index contributed by atoms with van der Waals surface area (Å²) in [5.74, 6) is -0.0902. The van der Waals surface area contributed by atoms with Gasteiger partial charge in [0.25, 0.3) is 0 Å². The van der Waals surface area contributed by atoms with E-state index in [1.165, 1.54) is 0 Å². The predicted molar refractivity (Wildman–Crippen MR) is 78.1 cm³/mol. The number of halogens is 2. The van der Waals surface area contributed by atoms with Gasteiger partial charge < -0.3 is 0 Å². The molecule has 0 heterocycles. The van der Waals surface area contributed by atoms with Gasteiger partial charge in [-0.15, -0.1) is 11.8 Å². The van der Waals surface area contributed by atoms with Crippen molar-refractivity contribution < 1.29 is 4.79 Å². The molecule has 18 heavy (non-hydrogen) atoms. The van der Waals surface area contributed by atoms with Crippen LogP contribution in [0.5, 0.6) is 0 Å². The molecule has 0 N–H and O–H groups in total. The third-order valence-electron chi connectivity index (χ3n) is 2.51. The maximum Gasteiger partial charge on any atom is 0.194 e. The molecule has 0 unspecified atom stereocenters. The lowest BCUT2D eigenvalue weighted by molar-refractivity contribution is 0.103. The molecule has 0 fully saturated rings. The third-order valence-corrected chi connectivity index (χ3v) is 3.78. The van der Waals surface area contributed by atoms with Crippen LogP contribution >= 0.6 is 35.0 Å². The molecule has 0 radical (unpaired) electrons. The molecule has 1 nitrogen and oxygen atoms in total. The van der Waals surface area contributed by atoms with E-state index in [9.17, 15) is 4.79 Å². The summed E-state index contributed by atoms with van der Waals surface area (Å²) in [6.45, 7) is 0. The number of hydrogen-bond acceptors (Lipinski definition) is 2. The van der Waals surface area contributed by atoms with Crippen LogP contribution in [0, 0.1) is 0 Å². The summed E-state index contributed by atoms with van der Waals surface area (Å²) < 4.78 is 0. The van der Waals surface area contributed by atoms with Gasteiger partial charge in [-0.3, -0.25) is 4.79 Å². The van der Waals surface area contributed by atoms with E-state index in [2.05, 4.69) is 0 Å². The number of carbonyl (C=O) groups is 1.